The van der Waals surface area contributed by atoms with Crippen molar-refractivity contribution in [3.63, 3.8) is 0 Å². The van der Waals surface area contributed by atoms with Gasteiger partial charge in [0.05, 0.1) is 18.6 Å². The molecule has 82 valence electrons. The fourth-order valence-corrected chi connectivity index (χ4v) is 2.03. The largest absolute Gasteiger partial charge is 0.469 e. The molecule has 1 rings (SSSR count). The summed E-state index contributed by atoms with van der Waals surface area (Å²) in [5.74, 6) is 0.358. The number of esters is 1. The van der Waals surface area contributed by atoms with Crippen LogP contribution in [0.15, 0.2) is 17.2 Å². The smallest absolute Gasteiger partial charge is 0.306 e. The maximum Gasteiger partial charge on any atom is 0.306 e. The second kappa shape index (κ2) is 5.82. The molecule has 6 heteroatoms. The van der Waals surface area contributed by atoms with E-state index in [1.54, 1.807) is 12.1 Å². The predicted octanol–water partition coefficient (Wildman–Crippen LogP) is 1.97. The fourth-order valence-electron chi connectivity index (χ4n) is 0.907. The van der Waals surface area contributed by atoms with Crippen molar-refractivity contribution in [3.8, 4) is 0 Å². The van der Waals surface area contributed by atoms with E-state index in [4.69, 9.17) is 17.3 Å². The van der Waals surface area contributed by atoms with Crippen LogP contribution in [-0.4, -0.2) is 23.8 Å². The van der Waals surface area contributed by atoms with Gasteiger partial charge in [-0.1, -0.05) is 11.6 Å². The summed E-state index contributed by atoms with van der Waals surface area (Å²) < 4.78 is 4.51. The van der Waals surface area contributed by atoms with Crippen LogP contribution in [0, 0.1) is 0 Å². The van der Waals surface area contributed by atoms with Crippen LogP contribution in [0.5, 0.6) is 0 Å². The first-order valence-electron chi connectivity index (χ1n) is 4.24. The van der Waals surface area contributed by atoms with Gasteiger partial charge >= 0.3 is 5.97 Å². The van der Waals surface area contributed by atoms with Gasteiger partial charge in [0.25, 0.3) is 0 Å². The summed E-state index contributed by atoms with van der Waals surface area (Å²) in [6, 6.07) is 3.29. The number of pyridine rings is 1. The molecule has 1 aromatic heterocycles. The Morgan fingerprint density at radius 3 is 3.00 bits per heavy atom. The van der Waals surface area contributed by atoms with Crippen molar-refractivity contribution in [2.45, 2.75) is 11.4 Å². The van der Waals surface area contributed by atoms with Crippen LogP contribution in [0.3, 0.4) is 0 Å². The summed E-state index contributed by atoms with van der Waals surface area (Å²) in [5.41, 5.74) is 6.15. The quantitative estimate of drug-likeness (QED) is 0.500. The minimum absolute atomic E-state index is 0.238. The zero-order valence-corrected chi connectivity index (χ0v) is 9.77. The molecule has 15 heavy (non-hydrogen) atoms. The number of nitrogen functional groups attached to an aromatic ring is 1. The standard InChI is InChI=1S/C9H11ClN2O2S/c1-14-9(13)2-3-15-8-5-6(11)4-7(10)12-8/h4-5H,2-3H2,1H3,(H2,11,12). The van der Waals surface area contributed by atoms with Gasteiger partial charge in [-0.15, -0.1) is 11.8 Å². The van der Waals surface area contributed by atoms with Crippen molar-refractivity contribution in [2.24, 2.45) is 0 Å². The summed E-state index contributed by atoms with van der Waals surface area (Å²) in [6.07, 6.45) is 0.343. The molecule has 0 aliphatic carbocycles. The molecule has 0 aliphatic rings. The highest BCUT2D eigenvalue weighted by atomic mass is 35.5. The van der Waals surface area contributed by atoms with E-state index in [0.29, 0.717) is 28.0 Å². The molecule has 1 heterocycles. The van der Waals surface area contributed by atoms with E-state index in [1.807, 2.05) is 0 Å². The molecular weight excluding hydrogens is 236 g/mol. The van der Waals surface area contributed by atoms with E-state index in [2.05, 4.69) is 9.72 Å². The summed E-state index contributed by atoms with van der Waals surface area (Å²) in [6.45, 7) is 0. The van der Waals surface area contributed by atoms with E-state index in [-0.39, 0.29) is 5.97 Å². The van der Waals surface area contributed by atoms with Gasteiger partial charge in [0.2, 0.25) is 0 Å². The zero-order valence-electron chi connectivity index (χ0n) is 8.20. The van der Waals surface area contributed by atoms with Crippen LogP contribution in [-0.2, 0) is 9.53 Å². The maximum absolute atomic E-state index is 10.8. The van der Waals surface area contributed by atoms with Gasteiger partial charge in [0.1, 0.15) is 5.15 Å². The summed E-state index contributed by atoms with van der Waals surface area (Å²) in [5, 5.41) is 1.07. The van der Waals surface area contributed by atoms with Gasteiger partial charge < -0.3 is 10.5 Å². The number of hydrogen-bond donors (Lipinski definition) is 1. The number of aromatic nitrogens is 1. The second-order valence-corrected chi connectivity index (χ2v) is 4.24. The number of anilines is 1. The Bertz CT molecular complexity index is 340. The molecule has 0 saturated heterocycles. The Morgan fingerprint density at radius 2 is 2.40 bits per heavy atom. The second-order valence-electron chi connectivity index (χ2n) is 2.74. The number of rotatable bonds is 4. The normalized spacial score (nSPS) is 10.0. The topological polar surface area (TPSA) is 65.2 Å². The SMILES string of the molecule is COC(=O)CCSc1cc(N)cc(Cl)n1. The van der Waals surface area contributed by atoms with Crippen LogP contribution in [0.25, 0.3) is 0 Å². The maximum atomic E-state index is 10.8. The third-order valence-electron chi connectivity index (χ3n) is 1.58. The average molecular weight is 247 g/mol. The summed E-state index contributed by atoms with van der Waals surface area (Å²) in [4.78, 5) is 14.9. The van der Waals surface area contributed by atoms with Gasteiger partial charge in [-0.2, -0.15) is 0 Å². The molecule has 4 nitrogen and oxygen atoms in total. The molecule has 0 spiro atoms. The minimum atomic E-state index is -0.238. The zero-order chi connectivity index (χ0) is 11.3. The third-order valence-corrected chi connectivity index (χ3v) is 2.68. The molecule has 0 bridgehead atoms. The van der Waals surface area contributed by atoms with E-state index in [0.717, 1.165) is 0 Å². The van der Waals surface area contributed by atoms with Crippen LogP contribution < -0.4 is 5.73 Å². The lowest BCUT2D eigenvalue weighted by atomic mass is 10.4. The predicted molar refractivity (Wildman–Crippen MR) is 61.0 cm³/mol. The molecule has 0 atom stereocenters. The van der Waals surface area contributed by atoms with Gasteiger partial charge in [-0.05, 0) is 12.1 Å². The molecule has 0 aromatic carbocycles. The van der Waals surface area contributed by atoms with Gasteiger partial charge in [-0.3, -0.25) is 4.79 Å². The molecule has 0 saturated carbocycles. The number of methoxy groups -OCH3 is 1. The lowest BCUT2D eigenvalue weighted by molar-refractivity contribution is -0.140. The number of carbonyl (C=O) groups is 1. The lowest BCUT2D eigenvalue weighted by Gasteiger charge is -2.02. The highest BCUT2D eigenvalue weighted by Crippen LogP contribution is 2.21. The number of hydrogen-bond acceptors (Lipinski definition) is 5. The van der Waals surface area contributed by atoms with Crippen molar-refractivity contribution in [3.05, 3.63) is 17.3 Å². The van der Waals surface area contributed by atoms with Crippen molar-refractivity contribution < 1.29 is 9.53 Å². The van der Waals surface area contributed by atoms with Gasteiger partial charge in [-0.25, -0.2) is 4.98 Å². The van der Waals surface area contributed by atoms with Gasteiger partial charge in [0.15, 0.2) is 0 Å². The molecule has 0 unspecified atom stereocenters. The first-order chi connectivity index (χ1) is 7.11. The molecule has 0 amide bonds. The molecule has 0 radical (unpaired) electrons. The monoisotopic (exact) mass is 246 g/mol. The first-order valence-corrected chi connectivity index (χ1v) is 5.61. The van der Waals surface area contributed by atoms with Gasteiger partial charge in [0, 0.05) is 11.4 Å². The van der Waals surface area contributed by atoms with Crippen molar-refractivity contribution in [2.75, 3.05) is 18.6 Å². The highest BCUT2D eigenvalue weighted by Gasteiger charge is 2.03. The molecule has 0 fully saturated rings. The van der Waals surface area contributed by atoms with Crippen molar-refractivity contribution in [1.29, 1.82) is 0 Å². The minimum Gasteiger partial charge on any atom is -0.469 e. The molecular formula is C9H11ClN2O2S. The summed E-state index contributed by atoms with van der Waals surface area (Å²) >= 11 is 7.14. The Labute approximate surface area is 97.2 Å². The van der Waals surface area contributed by atoms with E-state index in [9.17, 15) is 4.79 Å². The van der Waals surface area contributed by atoms with Crippen molar-refractivity contribution in [1.82, 2.24) is 4.98 Å². The van der Waals surface area contributed by atoms with E-state index in [1.165, 1.54) is 18.9 Å². The third kappa shape index (κ3) is 4.40. The molecule has 1 aromatic rings. The molecule has 0 aliphatic heterocycles. The lowest BCUT2D eigenvalue weighted by Crippen LogP contribution is -2.01. The number of nitrogens with zero attached hydrogens (tertiary/aromatic N) is 1. The number of ether oxygens (including phenoxy) is 1. The number of carbonyl (C=O) groups excluding carboxylic acids is 1. The Balaban J connectivity index is 2.47. The molecule has 2 N–H and O–H groups in total. The van der Waals surface area contributed by atoms with E-state index >= 15 is 0 Å². The Hall–Kier alpha value is -0.940. The number of thioether (sulfide) groups is 1. The van der Waals surface area contributed by atoms with Crippen molar-refractivity contribution >= 4 is 35.0 Å². The fraction of sp³-hybridized carbons (Fsp3) is 0.333. The number of halogens is 1. The van der Waals surface area contributed by atoms with Crippen LogP contribution in [0.1, 0.15) is 6.42 Å². The van der Waals surface area contributed by atoms with Crippen LogP contribution in [0.4, 0.5) is 5.69 Å². The van der Waals surface area contributed by atoms with E-state index < -0.39 is 0 Å². The van der Waals surface area contributed by atoms with Crippen LogP contribution >= 0.6 is 23.4 Å². The highest BCUT2D eigenvalue weighted by molar-refractivity contribution is 7.99. The average Bonchev–Trinajstić information content (AvgIpc) is 2.16. The summed E-state index contributed by atoms with van der Waals surface area (Å²) in [7, 11) is 1.36. The first kappa shape index (κ1) is 12.1. The Morgan fingerprint density at radius 1 is 1.67 bits per heavy atom. The number of nitrogens with two attached hydrogens (primary N) is 1. The van der Waals surface area contributed by atoms with Crippen LogP contribution in [0.2, 0.25) is 5.15 Å². The Kier molecular flexibility index (Phi) is 4.71.